The summed E-state index contributed by atoms with van der Waals surface area (Å²) in [6.45, 7) is 2.97. The van der Waals surface area contributed by atoms with Gasteiger partial charge in [0, 0.05) is 11.9 Å². The number of anilines is 1. The maximum absolute atomic E-state index is 12.2. The van der Waals surface area contributed by atoms with Gasteiger partial charge in [-0.25, -0.2) is 8.42 Å². The van der Waals surface area contributed by atoms with E-state index in [1.54, 1.807) is 12.1 Å². The zero-order valence-electron chi connectivity index (χ0n) is 11.7. The molecule has 1 heterocycles. The Kier molecular flexibility index (Phi) is 4.45. The Labute approximate surface area is 119 Å². The molecule has 0 aromatic heterocycles. The molecule has 110 valence electrons. The van der Waals surface area contributed by atoms with Crippen molar-refractivity contribution in [2.45, 2.75) is 30.7 Å². The van der Waals surface area contributed by atoms with Crippen LogP contribution in [-0.4, -0.2) is 33.2 Å². The summed E-state index contributed by atoms with van der Waals surface area (Å²) in [6.07, 6.45) is 3.03. The maximum atomic E-state index is 12.2. The van der Waals surface area contributed by atoms with Gasteiger partial charge < -0.3 is 10.6 Å². The summed E-state index contributed by atoms with van der Waals surface area (Å²) in [7, 11) is -3.26. The van der Waals surface area contributed by atoms with Crippen LogP contribution >= 0.6 is 0 Å². The highest BCUT2D eigenvalue weighted by atomic mass is 32.2. The van der Waals surface area contributed by atoms with Crippen LogP contribution in [-0.2, 0) is 14.6 Å². The van der Waals surface area contributed by atoms with Crippen molar-refractivity contribution in [1.82, 2.24) is 5.32 Å². The average molecular weight is 296 g/mol. The molecule has 6 heteroatoms. The van der Waals surface area contributed by atoms with Crippen molar-refractivity contribution < 1.29 is 13.2 Å². The third kappa shape index (κ3) is 3.80. The second-order valence-corrected chi connectivity index (χ2v) is 7.44. The van der Waals surface area contributed by atoms with Crippen molar-refractivity contribution in [2.75, 3.05) is 18.1 Å². The molecule has 2 rings (SSSR count). The Balaban J connectivity index is 2.08. The Hall–Kier alpha value is -1.40. The van der Waals surface area contributed by atoms with Crippen molar-refractivity contribution in [3.63, 3.8) is 0 Å². The molecular formula is C14H20N2O3S. The molecule has 0 spiro atoms. The highest BCUT2D eigenvalue weighted by molar-refractivity contribution is 7.90. The molecule has 0 saturated carbocycles. The molecule has 2 N–H and O–H groups in total. The van der Waals surface area contributed by atoms with Gasteiger partial charge in [-0.3, -0.25) is 4.79 Å². The second-order valence-electron chi connectivity index (χ2n) is 5.43. The third-order valence-corrected chi connectivity index (χ3v) is 4.62. The first-order valence-corrected chi connectivity index (χ1v) is 8.60. The van der Waals surface area contributed by atoms with Gasteiger partial charge in [0.05, 0.1) is 10.9 Å². The molecule has 1 aliphatic rings. The fraction of sp³-hybridized carbons (Fsp3) is 0.500. The van der Waals surface area contributed by atoms with Gasteiger partial charge in [0.1, 0.15) is 0 Å². The number of carbonyl (C=O) groups is 1. The van der Waals surface area contributed by atoms with E-state index in [1.165, 1.54) is 12.1 Å². The first-order valence-electron chi connectivity index (χ1n) is 6.70. The average Bonchev–Trinajstić information content (AvgIpc) is 2.38. The summed E-state index contributed by atoms with van der Waals surface area (Å²) in [5.74, 6) is 0.413. The number of piperidine rings is 1. The Morgan fingerprint density at radius 3 is 2.80 bits per heavy atom. The lowest BCUT2D eigenvalue weighted by Crippen LogP contribution is -2.45. The minimum Gasteiger partial charge on any atom is -0.325 e. The molecule has 1 aliphatic heterocycles. The third-order valence-electron chi connectivity index (χ3n) is 3.51. The summed E-state index contributed by atoms with van der Waals surface area (Å²) in [5, 5.41) is 5.96. The molecule has 20 heavy (non-hydrogen) atoms. The van der Waals surface area contributed by atoms with Gasteiger partial charge in [0.15, 0.2) is 9.84 Å². The van der Waals surface area contributed by atoms with Crippen LogP contribution in [0.4, 0.5) is 5.69 Å². The van der Waals surface area contributed by atoms with E-state index in [9.17, 15) is 13.2 Å². The van der Waals surface area contributed by atoms with Crippen molar-refractivity contribution in [3.8, 4) is 0 Å². The van der Waals surface area contributed by atoms with Gasteiger partial charge >= 0.3 is 0 Å². The van der Waals surface area contributed by atoms with Crippen LogP contribution in [0.15, 0.2) is 29.2 Å². The summed E-state index contributed by atoms with van der Waals surface area (Å²) >= 11 is 0. The van der Waals surface area contributed by atoms with Crippen LogP contribution in [0.25, 0.3) is 0 Å². The Bertz CT molecular complexity index is 598. The fourth-order valence-corrected chi connectivity index (χ4v) is 3.01. The van der Waals surface area contributed by atoms with Crippen LogP contribution in [0.3, 0.4) is 0 Å². The molecule has 0 bridgehead atoms. The highest BCUT2D eigenvalue weighted by Crippen LogP contribution is 2.18. The predicted octanol–water partition coefficient (Wildman–Crippen LogP) is 1.42. The lowest BCUT2D eigenvalue weighted by Gasteiger charge is -2.27. The molecule has 0 radical (unpaired) electrons. The first kappa shape index (κ1) is 15.0. The van der Waals surface area contributed by atoms with E-state index in [-0.39, 0.29) is 16.8 Å². The smallest absolute Gasteiger partial charge is 0.241 e. The Morgan fingerprint density at radius 1 is 1.40 bits per heavy atom. The largest absolute Gasteiger partial charge is 0.325 e. The van der Waals surface area contributed by atoms with Crippen LogP contribution < -0.4 is 10.6 Å². The standard InChI is InChI=1S/C14H20N2O3S/c1-10-6-7-15-13(8-10)14(17)16-11-4-3-5-12(9-11)20(2,18)19/h3-5,9-10,13,15H,6-8H2,1-2H3,(H,16,17). The normalized spacial score (nSPS) is 23.3. The van der Waals surface area contributed by atoms with E-state index in [4.69, 9.17) is 0 Å². The number of hydrogen-bond donors (Lipinski definition) is 2. The molecular weight excluding hydrogens is 276 g/mol. The molecule has 0 aliphatic carbocycles. The Morgan fingerprint density at radius 2 is 2.15 bits per heavy atom. The monoisotopic (exact) mass is 296 g/mol. The van der Waals surface area contributed by atoms with E-state index in [2.05, 4.69) is 17.6 Å². The minimum absolute atomic E-state index is 0.109. The lowest BCUT2D eigenvalue weighted by molar-refractivity contribution is -0.119. The number of carbonyl (C=O) groups excluding carboxylic acids is 1. The van der Waals surface area contributed by atoms with Gasteiger partial charge in [-0.1, -0.05) is 13.0 Å². The number of nitrogens with one attached hydrogen (secondary N) is 2. The van der Waals surface area contributed by atoms with E-state index >= 15 is 0 Å². The molecule has 2 unspecified atom stereocenters. The van der Waals surface area contributed by atoms with Crippen molar-refractivity contribution in [2.24, 2.45) is 5.92 Å². The molecule has 1 saturated heterocycles. The van der Waals surface area contributed by atoms with Gasteiger partial charge in [-0.15, -0.1) is 0 Å². The van der Waals surface area contributed by atoms with E-state index < -0.39 is 9.84 Å². The maximum Gasteiger partial charge on any atom is 0.241 e. The van der Waals surface area contributed by atoms with Crippen LogP contribution in [0.2, 0.25) is 0 Å². The number of benzene rings is 1. The highest BCUT2D eigenvalue weighted by Gasteiger charge is 2.24. The van der Waals surface area contributed by atoms with Crippen LogP contribution in [0.5, 0.6) is 0 Å². The van der Waals surface area contributed by atoms with Gasteiger partial charge in [-0.2, -0.15) is 0 Å². The van der Waals surface area contributed by atoms with Crippen LogP contribution in [0, 0.1) is 5.92 Å². The summed E-state index contributed by atoms with van der Waals surface area (Å²) in [6, 6.07) is 6.12. The molecule has 5 nitrogen and oxygen atoms in total. The first-order chi connectivity index (χ1) is 9.36. The topological polar surface area (TPSA) is 75.3 Å². The zero-order chi connectivity index (χ0) is 14.8. The lowest BCUT2D eigenvalue weighted by atomic mass is 9.94. The van der Waals surface area contributed by atoms with Gasteiger partial charge in [0.25, 0.3) is 0 Å². The number of rotatable bonds is 3. The van der Waals surface area contributed by atoms with E-state index in [1.807, 2.05) is 0 Å². The van der Waals surface area contributed by atoms with Crippen molar-refractivity contribution in [1.29, 1.82) is 0 Å². The molecule has 1 aromatic rings. The van der Waals surface area contributed by atoms with Crippen molar-refractivity contribution in [3.05, 3.63) is 24.3 Å². The predicted molar refractivity (Wildman–Crippen MR) is 78.4 cm³/mol. The van der Waals surface area contributed by atoms with Gasteiger partial charge in [0.2, 0.25) is 5.91 Å². The fourth-order valence-electron chi connectivity index (χ4n) is 2.34. The molecule has 1 fully saturated rings. The minimum atomic E-state index is -3.26. The molecule has 2 atom stereocenters. The summed E-state index contributed by atoms with van der Waals surface area (Å²) in [4.78, 5) is 12.4. The quantitative estimate of drug-likeness (QED) is 0.884. The summed E-state index contributed by atoms with van der Waals surface area (Å²) in [5.41, 5.74) is 0.512. The number of amides is 1. The van der Waals surface area contributed by atoms with E-state index in [0.29, 0.717) is 11.6 Å². The second kappa shape index (κ2) is 5.93. The molecule has 1 amide bonds. The van der Waals surface area contributed by atoms with Crippen molar-refractivity contribution >= 4 is 21.4 Å². The number of hydrogen-bond acceptors (Lipinski definition) is 4. The summed E-state index contributed by atoms with van der Waals surface area (Å²) < 4.78 is 23.0. The van der Waals surface area contributed by atoms with E-state index in [0.717, 1.165) is 25.6 Å². The SMILES string of the molecule is CC1CCNC(C(=O)Nc2cccc(S(C)(=O)=O)c2)C1. The number of sulfone groups is 1. The van der Waals surface area contributed by atoms with Crippen LogP contribution in [0.1, 0.15) is 19.8 Å². The molecule has 1 aromatic carbocycles. The zero-order valence-corrected chi connectivity index (χ0v) is 12.5. The van der Waals surface area contributed by atoms with Gasteiger partial charge in [-0.05, 0) is 43.5 Å².